The van der Waals surface area contributed by atoms with Gasteiger partial charge in [-0.05, 0) is 50.4 Å². The van der Waals surface area contributed by atoms with E-state index in [0.717, 1.165) is 48.0 Å². The van der Waals surface area contributed by atoms with Crippen molar-refractivity contribution in [1.29, 1.82) is 0 Å². The molecule has 1 aliphatic heterocycles. The Bertz CT molecular complexity index is 723. The summed E-state index contributed by atoms with van der Waals surface area (Å²) in [5, 5.41) is 8.12. The molecular weight excluding hydrogens is 342 g/mol. The number of hydrogen-bond donors (Lipinski definition) is 1. The lowest BCUT2D eigenvalue weighted by molar-refractivity contribution is 0.0744. The van der Waals surface area contributed by atoms with Crippen LogP contribution in [0.15, 0.2) is 18.2 Å². The molecule has 4 nitrogen and oxygen atoms in total. The Labute approximate surface area is 152 Å². The zero-order chi connectivity index (χ0) is 17.3. The van der Waals surface area contributed by atoms with Crippen LogP contribution in [-0.2, 0) is 12.8 Å². The van der Waals surface area contributed by atoms with Crippen LogP contribution in [0, 0.1) is 5.41 Å². The first-order chi connectivity index (χ1) is 11.3. The van der Waals surface area contributed by atoms with Crippen LogP contribution in [-0.4, -0.2) is 22.2 Å². The molecule has 1 fully saturated rings. The summed E-state index contributed by atoms with van der Waals surface area (Å²) in [6.45, 7) is 6.84. The smallest absolute Gasteiger partial charge is 0.252 e. The normalized spacial score (nSPS) is 18.2. The van der Waals surface area contributed by atoms with Crippen molar-refractivity contribution in [2.24, 2.45) is 5.41 Å². The zero-order valence-corrected chi connectivity index (χ0v) is 16.0. The highest BCUT2D eigenvalue weighted by molar-refractivity contribution is 7.16. The van der Waals surface area contributed by atoms with E-state index in [1.807, 2.05) is 26.8 Å². The molecule has 3 rings (SSSR count). The maximum Gasteiger partial charge on any atom is 0.252 e. The van der Waals surface area contributed by atoms with Gasteiger partial charge in [-0.3, -0.25) is 4.79 Å². The van der Waals surface area contributed by atoms with Crippen LogP contribution in [0.2, 0.25) is 4.34 Å². The van der Waals surface area contributed by atoms with Crippen molar-refractivity contribution in [2.75, 3.05) is 6.54 Å². The average Bonchev–Trinajstić information content (AvgIpc) is 3.23. The first-order valence-corrected chi connectivity index (χ1v) is 9.65. The number of halogens is 1. The molecule has 0 aromatic carbocycles. The SMILES string of the molecule is CC(C)(C)C(=O)n1nc(C2CCCN2)cc1CCc1ccc(Cl)s1. The molecule has 1 aliphatic rings. The predicted octanol–water partition coefficient (Wildman–Crippen LogP) is 4.49. The van der Waals surface area contributed by atoms with Crippen molar-refractivity contribution in [1.82, 2.24) is 15.1 Å². The third-order valence-corrected chi connectivity index (χ3v) is 5.60. The number of nitrogens with one attached hydrogen (secondary N) is 1. The number of carbonyl (C=O) groups excluding carboxylic acids is 1. The molecule has 0 bridgehead atoms. The van der Waals surface area contributed by atoms with Gasteiger partial charge >= 0.3 is 0 Å². The lowest BCUT2D eigenvalue weighted by Crippen LogP contribution is -2.29. The first-order valence-electron chi connectivity index (χ1n) is 8.46. The van der Waals surface area contributed by atoms with Gasteiger partial charge in [-0.2, -0.15) is 5.10 Å². The molecule has 1 unspecified atom stereocenters. The van der Waals surface area contributed by atoms with Gasteiger partial charge in [0, 0.05) is 16.0 Å². The van der Waals surface area contributed by atoms with Crippen LogP contribution in [0.4, 0.5) is 0 Å². The van der Waals surface area contributed by atoms with E-state index in [0.29, 0.717) is 0 Å². The molecule has 0 amide bonds. The van der Waals surface area contributed by atoms with E-state index in [-0.39, 0.29) is 11.9 Å². The van der Waals surface area contributed by atoms with Crippen LogP contribution >= 0.6 is 22.9 Å². The van der Waals surface area contributed by atoms with Crippen LogP contribution in [0.25, 0.3) is 0 Å². The molecule has 2 aromatic rings. The van der Waals surface area contributed by atoms with Gasteiger partial charge in [-0.15, -0.1) is 11.3 Å². The minimum absolute atomic E-state index is 0.0472. The summed E-state index contributed by atoms with van der Waals surface area (Å²) in [5.74, 6) is 0.0472. The molecule has 0 radical (unpaired) electrons. The van der Waals surface area contributed by atoms with Crippen LogP contribution in [0.3, 0.4) is 0 Å². The van der Waals surface area contributed by atoms with Crippen molar-refractivity contribution in [3.05, 3.63) is 38.8 Å². The van der Waals surface area contributed by atoms with E-state index in [4.69, 9.17) is 11.6 Å². The van der Waals surface area contributed by atoms with Gasteiger partial charge in [-0.1, -0.05) is 32.4 Å². The number of hydrogen-bond acceptors (Lipinski definition) is 4. The fraction of sp³-hybridized carbons (Fsp3) is 0.556. The Morgan fingerprint density at radius 1 is 1.42 bits per heavy atom. The molecule has 1 N–H and O–H groups in total. The maximum atomic E-state index is 12.8. The second-order valence-corrected chi connectivity index (χ2v) is 9.18. The average molecular weight is 366 g/mol. The van der Waals surface area contributed by atoms with Crippen molar-refractivity contribution >= 4 is 28.8 Å². The largest absolute Gasteiger partial charge is 0.309 e. The van der Waals surface area contributed by atoms with E-state index in [1.165, 1.54) is 4.88 Å². The van der Waals surface area contributed by atoms with Gasteiger partial charge in [0.15, 0.2) is 0 Å². The van der Waals surface area contributed by atoms with Crippen molar-refractivity contribution in [3.8, 4) is 0 Å². The van der Waals surface area contributed by atoms with E-state index in [2.05, 4.69) is 22.5 Å². The van der Waals surface area contributed by atoms with E-state index < -0.39 is 5.41 Å². The van der Waals surface area contributed by atoms with Crippen LogP contribution in [0.5, 0.6) is 0 Å². The number of aromatic nitrogens is 2. The third kappa shape index (κ3) is 3.90. The third-order valence-electron chi connectivity index (χ3n) is 4.31. The van der Waals surface area contributed by atoms with Crippen molar-refractivity contribution < 1.29 is 4.79 Å². The van der Waals surface area contributed by atoms with Gasteiger partial charge < -0.3 is 5.32 Å². The Morgan fingerprint density at radius 2 is 2.21 bits per heavy atom. The van der Waals surface area contributed by atoms with Gasteiger partial charge in [0.25, 0.3) is 5.91 Å². The molecular formula is C18H24ClN3OS. The number of aryl methyl sites for hydroxylation is 2. The maximum absolute atomic E-state index is 12.8. The molecule has 0 saturated carbocycles. The quantitative estimate of drug-likeness (QED) is 0.868. The molecule has 24 heavy (non-hydrogen) atoms. The lowest BCUT2D eigenvalue weighted by atomic mass is 9.95. The second kappa shape index (κ2) is 6.98. The van der Waals surface area contributed by atoms with Gasteiger partial charge in [0.2, 0.25) is 0 Å². The van der Waals surface area contributed by atoms with Gasteiger partial charge in [0.05, 0.1) is 16.1 Å². The highest BCUT2D eigenvalue weighted by atomic mass is 35.5. The molecule has 130 valence electrons. The lowest BCUT2D eigenvalue weighted by Gasteiger charge is -2.18. The Hall–Kier alpha value is -1.17. The predicted molar refractivity (Wildman–Crippen MR) is 99.0 cm³/mol. The summed E-state index contributed by atoms with van der Waals surface area (Å²) in [5.41, 5.74) is 1.53. The molecule has 0 spiro atoms. The zero-order valence-electron chi connectivity index (χ0n) is 14.4. The summed E-state index contributed by atoms with van der Waals surface area (Å²) in [6.07, 6.45) is 3.91. The van der Waals surface area contributed by atoms with Crippen LogP contribution in [0.1, 0.15) is 60.7 Å². The van der Waals surface area contributed by atoms with E-state index in [1.54, 1.807) is 16.0 Å². The summed E-state index contributed by atoms with van der Waals surface area (Å²) in [4.78, 5) is 14.0. The molecule has 3 heterocycles. The molecule has 1 atom stereocenters. The summed E-state index contributed by atoms with van der Waals surface area (Å²) in [7, 11) is 0. The topological polar surface area (TPSA) is 46.9 Å². The van der Waals surface area contributed by atoms with Crippen LogP contribution < -0.4 is 5.32 Å². The fourth-order valence-electron chi connectivity index (χ4n) is 2.96. The summed E-state index contributed by atoms with van der Waals surface area (Å²) < 4.78 is 2.44. The monoisotopic (exact) mass is 365 g/mol. The standard InChI is InChI=1S/C18H24ClN3OS/c1-18(2,3)17(23)22-12(6-7-13-8-9-16(19)24-13)11-15(21-22)14-5-4-10-20-14/h8-9,11,14,20H,4-7,10H2,1-3H3. The summed E-state index contributed by atoms with van der Waals surface area (Å²) >= 11 is 7.61. The molecule has 2 aromatic heterocycles. The highest BCUT2D eigenvalue weighted by Gasteiger charge is 2.28. The number of thiophene rings is 1. The Kier molecular flexibility index (Phi) is 5.13. The fourth-order valence-corrected chi connectivity index (χ4v) is 4.04. The number of nitrogens with zero attached hydrogens (tertiary/aromatic N) is 2. The second-order valence-electron chi connectivity index (χ2n) is 7.38. The van der Waals surface area contributed by atoms with Gasteiger partial charge in [0.1, 0.15) is 0 Å². The van der Waals surface area contributed by atoms with Crippen molar-refractivity contribution in [3.63, 3.8) is 0 Å². The molecule has 6 heteroatoms. The number of rotatable bonds is 4. The highest BCUT2D eigenvalue weighted by Crippen LogP contribution is 2.27. The van der Waals surface area contributed by atoms with E-state index >= 15 is 0 Å². The first kappa shape index (κ1) is 17.6. The van der Waals surface area contributed by atoms with Crippen molar-refractivity contribution in [2.45, 2.75) is 52.5 Å². The Morgan fingerprint density at radius 3 is 2.79 bits per heavy atom. The minimum atomic E-state index is -0.451. The Balaban J connectivity index is 1.85. The molecule has 1 saturated heterocycles. The van der Waals surface area contributed by atoms with E-state index in [9.17, 15) is 4.79 Å². The minimum Gasteiger partial charge on any atom is -0.309 e. The number of carbonyl (C=O) groups is 1. The van der Waals surface area contributed by atoms with Gasteiger partial charge in [-0.25, -0.2) is 4.68 Å². The molecule has 0 aliphatic carbocycles. The summed E-state index contributed by atoms with van der Waals surface area (Å²) in [6, 6.07) is 6.35.